The maximum absolute atomic E-state index is 12.5. The van der Waals surface area contributed by atoms with Crippen LogP contribution < -0.4 is 5.73 Å². The van der Waals surface area contributed by atoms with E-state index in [1.165, 1.54) is 12.1 Å². The lowest BCUT2D eigenvalue weighted by Crippen LogP contribution is -2.06. The van der Waals surface area contributed by atoms with Crippen molar-refractivity contribution >= 4 is 17.7 Å². The number of ether oxygens (including phenoxy) is 1. The van der Waals surface area contributed by atoms with Gasteiger partial charge in [0, 0.05) is 11.8 Å². The lowest BCUT2D eigenvalue weighted by Gasteiger charge is -2.08. The summed E-state index contributed by atoms with van der Waals surface area (Å²) in [4.78, 5) is 11.0. The molecule has 1 aromatic rings. The summed E-state index contributed by atoms with van der Waals surface area (Å²) < 4.78 is 42.1. The molecule has 0 fully saturated rings. The third kappa shape index (κ3) is 4.12. The highest BCUT2D eigenvalue weighted by Gasteiger charge is 2.30. The second-order valence-electron chi connectivity index (χ2n) is 3.47. The van der Waals surface area contributed by atoms with Crippen LogP contribution in [0.1, 0.15) is 18.1 Å². The molecule has 0 spiro atoms. The molecule has 0 heterocycles. The summed E-state index contributed by atoms with van der Waals surface area (Å²) in [5.41, 5.74) is 4.69. The van der Waals surface area contributed by atoms with Crippen LogP contribution in [0, 0.1) is 0 Å². The molecular formula is C12H12F3NO2. The molecule has 0 aliphatic carbocycles. The van der Waals surface area contributed by atoms with Gasteiger partial charge in [-0.05, 0) is 36.8 Å². The van der Waals surface area contributed by atoms with Crippen LogP contribution in [-0.4, -0.2) is 12.6 Å². The molecule has 1 rings (SSSR count). The van der Waals surface area contributed by atoms with Crippen molar-refractivity contribution in [2.24, 2.45) is 0 Å². The van der Waals surface area contributed by atoms with E-state index in [1.54, 1.807) is 6.92 Å². The molecule has 0 aromatic heterocycles. The predicted octanol–water partition coefficient (Wildman–Crippen LogP) is 2.86. The molecule has 1 aromatic carbocycles. The van der Waals surface area contributed by atoms with Gasteiger partial charge in [0.25, 0.3) is 0 Å². The fraction of sp³-hybridized carbons (Fsp3) is 0.250. The number of alkyl halides is 3. The molecule has 2 N–H and O–H groups in total. The minimum Gasteiger partial charge on any atom is -0.463 e. The van der Waals surface area contributed by atoms with E-state index in [2.05, 4.69) is 4.74 Å². The van der Waals surface area contributed by atoms with Gasteiger partial charge in [-0.2, -0.15) is 13.2 Å². The van der Waals surface area contributed by atoms with Crippen molar-refractivity contribution in [2.45, 2.75) is 13.1 Å². The number of nitrogens with two attached hydrogens (primary N) is 1. The first kappa shape index (κ1) is 14.1. The molecule has 0 atom stereocenters. The average molecular weight is 259 g/mol. The highest BCUT2D eigenvalue weighted by Crippen LogP contribution is 2.31. The number of carbonyl (C=O) groups excluding carboxylic acids is 1. The Kier molecular flexibility index (Phi) is 4.36. The van der Waals surface area contributed by atoms with Gasteiger partial charge in [-0.15, -0.1) is 0 Å². The Balaban J connectivity index is 2.97. The first-order valence-electron chi connectivity index (χ1n) is 5.15. The van der Waals surface area contributed by atoms with Crippen molar-refractivity contribution < 1.29 is 22.7 Å². The fourth-order valence-electron chi connectivity index (χ4n) is 1.29. The van der Waals surface area contributed by atoms with E-state index >= 15 is 0 Å². The molecule has 0 amide bonds. The summed E-state index contributed by atoms with van der Waals surface area (Å²) in [5, 5.41) is 0. The summed E-state index contributed by atoms with van der Waals surface area (Å²) in [7, 11) is 0. The number of hydrogen-bond donors (Lipinski definition) is 1. The molecule has 0 saturated heterocycles. The van der Waals surface area contributed by atoms with Gasteiger partial charge in [-0.1, -0.05) is 0 Å². The Bertz CT molecular complexity index is 467. The SMILES string of the molecule is CCOC(=O)C=Cc1cc(N)cc(C(F)(F)F)c1. The number of hydrogen-bond acceptors (Lipinski definition) is 3. The second kappa shape index (κ2) is 5.57. The standard InChI is InChI=1S/C12H12F3NO2/c1-2-18-11(17)4-3-8-5-9(12(13,14)15)7-10(16)6-8/h3-7H,2,16H2,1H3. The predicted molar refractivity (Wildman–Crippen MR) is 61.5 cm³/mol. The van der Waals surface area contributed by atoms with Crippen molar-refractivity contribution in [3.63, 3.8) is 0 Å². The monoisotopic (exact) mass is 259 g/mol. The van der Waals surface area contributed by atoms with E-state index in [0.29, 0.717) is 0 Å². The van der Waals surface area contributed by atoms with Gasteiger partial charge >= 0.3 is 12.1 Å². The van der Waals surface area contributed by atoms with Crippen LogP contribution in [0.5, 0.6) is 0 Å². The van der Waals surface area contributed by atoms with Gasteiger partial charge in [0.15, 0.2) is 0 Å². The van der Waals surface area contributed by atoms with E-state index in [0.717, 1.165) is 18.2 Å². The smallest absolute Gasteiger partial charge is 0.416 e. The lowest BCUT2D eigenvalue weighted by atomic mass is 10.1. The minimum atomic E-state index is -4.47. The molecule has 18 heavy (non-hydrogen) atoms. The molecule has 0 unspecified atom stereocenters. The Morgan fingerprint density at radius 2 is 2.06 bits per heavy atom. The summed E-state index contributed by atoms with van der Waals surface area (Å²) >= 11 is 0. The van der Waals surface area contributed by atoms with E-state index in [-0.39, 0.29) is 17.9 Å². The Morgan fingerprint density at radius 1 is 1.39 bits per heavy atom. The van der Waals surface area contributed by atoms with Crippen LogP contribution in [0.4, 0.5) is 18.9 Å². The van der Waals surface area contributed by atoms with Crippen molar-refractivity contribution in [2.75, 3.05) is 12.3 Å². The minimum absolute atomic E-state index is 0.0201. The number of halogens is 3. The molecule has 0 radical (unpaired) electrons. The quantitative estimate of drug-likeness (QED) is 0.516. The Hall–Kier alpha value is -1.98. The number of anilines is 1. The van der Waals surface area contributed by atoms with Crippen molar-refractivity contribution in [1.29, 1.82) is 0 Å². The molecule has 0 saturated carbocycles. The molecule has 3 nitrogen and oxygen atoms in total. The van der Waals surface area contributed by atoms with Crippen LogP contribution in [0.25, 0.3) is 6.08 Å². The van der Waals surface area contributed by atoms with E-state index < -0.39 is 17.7 Å². The maximum Gasteiger partial charge on any atom is 0.416 e. The van der Waals surface area contributed by atoms with Crippen LogP contribution in [-0.2, 0) is 15.7 Å². The molecule has 0 bridgehead atoms. The summed E-state index contributed by atoms with van der Waals surface area (Å²) in [6.45, 7) is 1.84. The molecule has 0 aliphatic heterocycles. The van der Waals surface area contributed by atoms with Crippen molar-refractivity contribution in [3.8, 4) is 0 Å². The Labute approximate surface area is 102 Å². The molecule has 6 heteroatoms. The number of carbonyl (C=O) groups is 1. The second-order valence-corrected chi connectivity index (χ2v) is 3.47. The normalized spacial score (nSPS) is 11.8. The summed E-state index contributed by atoms with van der Waals surface area (Å²) in [6.07, 6.45) is -2.19. The summed E-state index contributed by atoms with van der Waals surface area (Å²) in [5.74, 6) is -0.617. The average Bonchev–Trinajstić information content (AvgIpc) is 2.25. The van der Waals surface area contributed by atoms with Crippen LogP contribution in [0.2, 0.25) is 0 Å². The van der Waals surface area contributed by atoms with E-state index in [1.807, 2.05) is 0 Å². The van der Waals surface area contributed by atoms with Crippen molar-refractivity contribution in [3.05, 3.63) is 35.4 Å². The third-order valence-electron chi connectivity index (χ3n) is 2.00. The number of nitrogen functional groups attached to an aromatic ring is 1. The van der Waals surface area contributed by atoms with Gasteiger partial charge in [0.2, 0.25) is 0 Å². The van der Waals surface area contributed by atoms with Gasteiger partial charge in [0.1, 0.15) is 0 Å². The highest BCUT2D eigenvalue weighted by molar-refractivity contribution is 5.87. The molecule has 98 valence electrons. The van der Waals surface area contributed by atoms with Gasteiger partial charge in [-0.3, -0.25) is 0 Å². The Morgan fingerprint density at radius 3 is 2.61 bits per heavy atom. The first-order valence-corrected chi connectivity index (χ1v) is 5.15. The topological polar surface area (TPSA) is 52.3 Å². The third-order valence-corrected chi connectivity index (χ3v) is 2.00. The molecular weight excluding hydrogens is 247 g/mol. The van der Waals surface area contributed by atoms with Gasteiger partial charge in [0.05, 0.1) is 12.2 Å². The van der Waals surface area contributed by atoms with Crippen molar-refractivity contribution in [1.82, 2.24) is 0 Å². The zero-order valence-electron chi connectivity index (χ0n) is 9.62. The summed E-state index contributed by atoms with van der Waals surface area (Å²) in [6, 6.07) is 3.08. The zero-order valence-corrected chi connectivity index (χ0v) is 9.62. The molecule has 0 aliphatic rings. The lowest BCUT2D eigenvalue weighted by molar-refractivity contribution is -0.138. The highest BCUT2D eigenvalue weighted by atomic mass is 19.4. The largest absolute Gasteiger partial charge is 0.463 e. The van der Waals surface area contributed by atoms with E-state index in [9.17, 15) is 18.0 Å². The number of benzene rings is 1. The zero-order chi connectivity index (χ0) is 13.8. The van der Waals surface area contributed by atoms with Crippen LogP contribution >= 0.6 is 0 Å². The van der Waals surface area contributed by atoms with Gasteiger partial charge in [-0.25, -0.2) is 4.79 Å². The maximum atomic E-state index is 12.5. The number of rotatable bonds is 3. The van der Waals surface area contributed by atoms with Gasteiger partial charge < -0.3 is 10.5 Å². The fourth-order valence-corrected chi connectivity index (χ4v) is 1.29. The van der Waals surface area contributed by atoms with Crippen LogP contribution in [0.15, 0.2) is 24.3 Å². The first-order chi connectivity index (χ1) is 8.32. The van der Waals surface area contributed by atoms with E-state index in [4.69, 9.17) is 5.73 Å². The number of esters is 1. The van der Waals surface area contributed by atoms with Crippen LogP contribution in [0.3, 0.4) is 0 Å².